The molecule has 1 saturated carbocycles. The molecule has 0 saturated heterocycles. The van der Waals surface area contributed by atoms with E-state index in [1.165, 1.54) is 6.92 Å². The van der Waals surface area contributed by atoms with Gasteiger partial charge in [0.15, 0.2) is 0 Å². The van der Waals surface area contributed by atoms with Gasteiger partial charge in [-0.1, -0.05) is 6.42 Å². The highest BCUT2D eigenvalue weighted by Gasteiger charge is 2.77. The maximum absolute atomic E-state index is 13.1. The normalized spacial score (nSPS) is 20.6. The van der Waals surface area contributed by atoms with Crippen LogP contribution in [-0.4, -0.2) is 29.6 Å². The molecule has 9 heteroatoms. The van der Waals surface area contributed by atoms with Crippen molar-refractivity contribution in [1.29, 1.82) is 0 Å². The lowest BCUT2D eigenvalue weighted by atomic mass is 9.86. The van der Waals surface area contributed by atoms with E-state index >= 15 is 0 Å². The van der Waals surface area contributed by atoms with E-state index in [1.54, 1.807) is 0 Å². The van der Waals surface area contributed by atoms with Crippen LogP contribution in [0.25, 0.3) is 0 Å². The maximum Gasteiger partial charge on any atom is 0.460 e. The second kappa shape index (κ2) is 5.07. The van der Waals surface area contributed by atoms with Crippen molar-refractivity contribution in [3.05, 3.63) is 0 Å². The highest BCUT2D eigenvalue weighted by atomic mass is 19.4. The fourth-order valence-corrected chi connectivity index (χ4v) is 2.00. The zero-order chi connectivity index (χ0) is 15.8. The molecule has 1 rings (SSSR count). The van der Waals surface area contributed by atoms with Crippen LogP contribution in [0.1, 0.15) is 39.0 Å². The third-order valence-corrected chi connectivity index (χ3v) is 3.26. The number of halogens is 7. The summed E-state index contributed by atoms with van der Waals surface area (Å²) in [6.45, 7) is 1.24. The minimum absolute atomic E-state index is 0.145. The highest BCUT2D eigenvalue weighted by Crippen LogP contribution is 2.47. The van der Waals surface area contributed by atoms with E-state index in [2.05, 4.69) is 4.74 Å². The summed E-state index contributed by atoms with van der Waals surface area (Å²) in [5, 5.41) is 0. The molecular formula is C11H13F7O2. The van der Waals surface area contributed by atoms with Gasteiger partial charge in [-0.05, 0) is 32.6 Å². The monoisotopic (exact) mass is 310 g/mol. The molecule has 2 nitrogen and oxygen atoms in total. The number of rotatable bonds is 3. The fourth-order valence-electron chi connectivity index (χ4n) is 2.00. The van der Waals surface area contributed by atoms with E-state index in [0.717, 1.165) is 6.42 Å². The van der Waals surface area contributed by atoms with Crippen LogP contribution in [0.4, 0.5) is 30.7 Å². The predicted octanol–water partition coefficient (Wildman–Crippen LogP) is 4.09. The van der Waals surface area contributed by atoms with Crippen molar-refractivity contribution in [3.8, 4) is 0 Å². The summed E-state index contributed by atoms with van der Waals surface area (Å²) < 4.78 is 91.5. The Labute approximate surface area is 110 Å². The molecule has 0 atom stereocenters. The van der Waals surface area contributed by atoms with Crippen molar-refractivity contribution >= 4 is 5.97 Å². The summed E-state index contributed by atoms with van der Waals surface area (Å²) >= 11 is 0. The van der Waals surface area contributed by atoms with E-state index in [1.807, 2.05) is 0 Å². The molecule has 1 aliphatic carbocycles. The van der Waals surface area contributed by atoms with Crippen molar-refractivity contribution in [2.75, 3.05) is 0 Å². The van der Waals surface area contributed by atoms with Crippen LogP contribution in [0.2, 0.25) is 0 Å². The predicted molar refractivity (Wildman–Crippen MR) is 53.5 cm³/mol. The van der Waals surface area contributed by atoms with Crippen LogP contribution in [0, 0.1) is 0 Å². The molecule has 0 aromatic rings. The Hall–Kier alpha value is -1.02. The van der Waals surface area contributed by atoms with Gasteiger partial charge in [0, 0.05) is 0 Å². The summed E-state index contributed by atoms with van der Waals surface area (Å²) in [6, 6.07) is 0. The largest absolute Gasteiger partial charge is 0.460 e. The van der Waals surface area contributed by atoms with Gasteiger partial charge in [-0.3, -0.25) is 0 Å². The molecule has 118 valence electrons. The average molecular weight is 310 g/mol. The molecule has 0 radical (unpaired) electrons. The Morgan fingerprint density at radius 2 is 1.40 bits per heavy atom. The first-order valence-corrected chi connectivity index (χ1v) is 5.89. The van der Waals surface area contributed by atoms with Crippen LogP contribution in [0.3, 0.4) is 0 Å². The Morgan fingerprint density at radius 1 is 0.950 bits per heavy atom. The lowest BCUT2D eigenvalue weighted by Crippen LogP contribution is -2.58. The number of alkyl halides is 7. The first kappa shape index (κ1) is 17.0. The summed E-state index contributed by atoms with van der Waals surface area (Å²) in [6.07, 6.45) is -4.46. The van der Waals surface area contributed by atoms with Crippen LogP contribution in [-0.2, 0) is 9.53 Å². The molecule has 0 aromatic carbocycles. The van der Waals surface area contributed by atoms with E-state index in [0.29, 0.717) is 12.8 Å². The molecule has 0 heterocycles. The molecule has 0 bridgehead atoms. The number of carbonyl (C=O) groups excluding carboxylic acids is 1. The van der Waals surface area contributed by atoms with E-state index in [-0.39, 0.29) is 12.8 Å². The van der Waals surface area contributed by atoms with E-state index < -0.39 is 29.6 Å². The minimum atomic E-state index is -6.54. The van der Waals surface area contributed by atoms with Gasteiger partial charge in [0.1, 0.15) is 5.60 Å². The van der Waals surface area contributed by atoms with Crippen molar-refractivity contribution in [1.82, 2.24) is 0 Å². The van der Waals surface area contributed by atoms with Gasteiger partial charge in [0.05, 0.1) is 0 Å². The van der Waals surface area contributed by atoms with Gasteiger partial charge in [-0.15, -0.1) is 0 Å². The number of esters is 1. The van der Waals surface area contributed by atoms with Gasteiger partial charge < -0.3 is 4.74 Å². The number of hydrogen-bond acceptors (Lipinski definition) is 2. The Bertz CT molecular complexity index is 369. The first-order valence-electron chi connectivity index (χ1n) is 5.89. The van der Waals surface area contributed by atoms with Gasteiger partial charge in [0.2, 0.25) is 0 Å². The topological polar surface area (TPSA) is 26.3 Å². The molecule has 0 unspecified atom stereocenters. The lowest BCUT2D eigenvalue weighted by molar-refractivity contribution is -0.350. The van der Waals surface area contributed by atoms with Crippen LogP contribution >= 0.6 is 0 Å². The third kappa shape index (κ3) is 3.01. The van der Waals surface area contributed by atoms with Crippen molar-refractivity contribution in [2.24, 2.45) is 0 Å². The van der Waals surface area contributed by atoms with Crippen LogP contribution in [0.5, 0.6) is 0 Å². The molecule has 0 N–H and O–H groups in total. The second-order valence-electron chi connectivity index (χ2n) is 5.05. The molecule has 0 aromatic heterocycles. The Morgan fingerprint density at radius 3 is 1.80 bits per heavy atom. The molecular weight excluding hydrogens is 297 g/mol. The zero-order valence-electron chi connectivity index (χ0n) is 10.5. The zero-order valence-corrected chi connectivity index (χ0v) is 10.5. The van der Waals surface area contributed by atoms with Gasteiger partial charge in [0.25, 0.3) is 0 Å². The fraction of sp³-hybridized carbons (Fsp3) is 0.909. The molecule has 1 fully saturated rings. The van der Waals surface area contributed by atoms with Crippen molar-refractivity contribution < 1.29 is 40.3 Å². The van der Waals surface area contributed by atoms with E-state index in [9.17, 15) is 35.5 Å². The second-order valence-corrected chi connectivity index (χ2v) is 5.05. The SMILES string of the molecule is CC1(OC(=O)C(F)(F)C(F)(F)C(F)(F)F)CCCCC1. The Balaban J connectivity index is 2.89. The smallest absolute Gasteiger partial charge is 0.455 e. The first-order chi connectivity index (χ1) is 8.83. The number of ether oxygens (including phenoxy) is 1. The molecule has 1 aliphatic rings. The summed E-state index contributed by atoms with van der Waals surface area (Å²) in [5.74, 6) is -15.3. The maximum atomic E-state index is 13.1. The summed E-state index contributed by atoms with van der Waals surface area (Å²) in [5.41, 5.74) is -1.43. The van der Waals surface area contributed by atoms with Crippen molar-refractivity contribution in [2.45, 2.75) is 62.7 Å². The molecule has 20 heavy (non-hydrogen) atoms. The summed E-state index contributed by atoms with van der Waals surface area (Å²) in [4.78, 5) is 11.1. The van der Waals surface area contributed by atoms with Gasteiger partial charge >= 0.3 is 24.0 Å². The number of hydrogen-bond donors (Lipinski definition) is 0. The van der Waals surface area contributed by atoms with Crippen LogP contribution in [0.15, 0.2) is 0 Å². The van der Waals surface area contributed by atoms with Gasteiger partial charge in [-0.25, -0.2) is 4.79 Å². The third-order valence-electron chi connectivity index (χ3n) is 3.26. The Kier molecular flexibility index (Phi) is 4.32. The molecule has 0 amide bonds. The standard InChI is InChI=1S/C11H13F7O2/c1-8(5-3-2-4-6-8)20-7(19)9(12,13)10(14,15)11(16,17)18/h2-6H2,1H3. The average Bonchev–Trinajstić information content (AvgIpc) is 2.27. The quantitative estimate of drug-likeness (QED) is 0.580. The van der Waals surface area contributed by atoms with Gasteiger partial charge in [-0.2, -0.15) is 30.7 Å². The van der Waals surface area contributed by atoms with E-state index in [4.69, 9.17) is 0 Å². The highest BCUT2D eigenvalue weighted by molar-refractivity contribution is 5.79. The minimum Gasteiger partial charge on any atom is -0.455 e. The van der Waals surface area contributed by atoms with Crippen LogP contribution < -0.4 is 0 Å². The van der Waals surface area contributed by atoms with Crippen molar-refractivity contribution in [3.63, 3.8) is 0 Å². The molecule has 0 spiro atoms. The number of carbonyl (C=O) groups is 1. The lowest BCUT2D eigenvalue weighted by Gasteiger charge is -2.35. The molecule has 0 aliphatic heterocycles. The summed E-state index contributed by atoms with van der Waals surface area (Å²) in [7, 11) is 0.